The molecule has 0 amide bonds. The van der Waals surface area contributed by atoms with Crippen LogP contribution in [0.4, 0.5) is 10.2 Å². The van der Waals surface area contributed by atoms with Crippen LogP contribution < -0.4 is 11.1 Å². The van der Waals surface area contributed by atoms with Crippen molar-refractivity contribution in [1.29, 1.82) is 0 Å². The highest BCUT2D eigenvalue weighted by molar-refractivity contribution is 5.60. The zero-order valence-electron chi connectivity index (χ0n) is 16.9. The second kappa shape index (κ2) is 7.68. The summed E-state index contributed by atoms with van der Waals surface area (Å²) in [7, 11) is 0. The first-order chi connectivity index (χ1) is 14.6. The maximum absolute atomic E-state index is 13.8. The summed E-state index contributed by atoms with van der Waals surface area (Å²) in [5.41, 5.74) is 9.26. The van der Waals surface area contributed by atoms with Crippen LogP contribution in [0.3, 0.4) is 0 Å². The predicted octanol–water partition coefficient (Wildman–Crippen LogP) is 3.16. The number of likely N-dealkylation sites (tertiary alicyclic amines) is 1. The van der Waals surface area contributed by atoms with Crippen molar-refractivity contribution in [3.05, 3.63) is 54.4 Å². The number of imidazole rings is 1. The van der Waals surface area contributed by atoms with E-state index in [1.54, 1.807) is 16.7 Å². The van der Waals surface area contributed by atoms with Gasteiger partial charge in [-0.25, -0.2) is 19.3 Å². The highest BCUT2D eigenvalue weighted by Crippen LogP contribution is 2.43. The molecule has 1 atom stereocenters. The molecule has 4 heterocycles. The van der Waals surface area contributed by atoms with Gasteiger partial charge >= 0.3 is 0 Å². The van der Waals surface area contributed by atoms with Crippen LogP contribution in [-0.4, -0.2) is 49.9 Å². The first kappa shape index (κ1) is 19.0. The molecule has 2 aliphatic rings. The summed E-state index contributed by atoms with van der Waals surface area (Å²) >= 11 is 0. The Bertz CT molecular complexity index is 1090. The molecule has 8 heteroatoms. The minimum atomic E-state index is -0.322. The number of nitrogens with two attached hydrogens (primary N) is 1. The van der Waals surface area contributed by atoms with E-state index < -0.39 is 0 Å². The number of aromatic nitrogens is 4. The Morgan fingerprint density at radius 3 is 2.90 bits per heavy atom. The molecule has 3 aromatic heterocycles. The lowest BCUT2D eigenvalue weighted by atomic mass is 10.0. The van der Waals surface area contributed by atoms with Gasteiger partial charge in [-0.05, 0) is 43.7 Å². The summed E-state index contributed by atoms with van der Waals surface area (Å²) in [6.45, 7) is 6.41. The third kappa shape index (κ3) is 3.63. The standard InChI is InChI=1S/C22H26FN7/c1-14(9-24)29-8-2-3-17(13-29)27-21-18(15-4-5-15)10-26-22(28-21)19-11-25-20-7-6-16(23)12-30(19)20/h6-7,10-12,15,17H,1-5,8-9,13,24H2,(H,26,27,28)/t17-/m1/s1. The molecule has 0 radical (unpaired) electrons. The predicted molar refractivity (Wildman–Crippen MR) is 115 cm³/mol. The Labute approximate surface area is 174 Å². The fraction of sp³-hybridized carbons (Fsp3) is 0.409. The van der Waals surface area contributed by atoms with Gasteiger partial charge in [-0.2, -0.15) is 0 Å². The van der Waals surface area contributed by atoms with Gasteiger partial charge in [-0.1, -0.05) is 6.58 Å². The molecule has 1 aliphatic heterocycles. The van der Waals surface area contributed by atoms with Crippen LogP contribution in [0, 0.1) is 5.82 Å². The number of fused-ring (bicyclic) bond motifs is 1. The molecule has 3 aromatic rings. The number of halogens is 1. The fourth-order valence-electron chi connectivity index (χ4n) is 4.15. The average molecular weight is 407 g/mol. The molecule has 1 aliphatic carbocycles. The molecular formula is C22H26FN7. The van der Waals surface area contributed by atoms with Crippen molar-refractivity contribution in [2.75, 3.05) is 25.0 Å². The summed E-state index contributed by atoms with van der Waals surface area (Å²) in [6.07, 6.45) is 9.51. The topological polar surface area (TPSA) is 84.4 Å². The summed E-state index contributed by atoms with van der Waals surface area (Å²) in [4.78, 5) is 16.1. The fourth-order valence-corrected chi connectivity index (χ4v) is 4.15. The number of hydrogen-bond donors (Lipinski definition) is 2. The maximum atomic E-state index is 13.8. The number of piperidine rings is 1. The van der Waals surface area contributed by atoms with Crippen LogP contribution in [-0.2, 0) is 0 Å². The number of nitrogens with one attached hydrogen (secondary N) is 1. The zero-order chi connectivity index (χ0) is 20.7. The first-order valence-electron chi connectivity index (χ1n) is 10.5. The van der Waals surface area contributed by atoms with Crippen molar-refractivity contribution in [1.82, 2.24) is 24.3 Å². The summed E-state index contributed by atoms with van der Waals surface area (Å²) in [5, 5.41) is 3.66. The quantitative estimate of drug-likeness (QED) is 0.653. The zero-order valence-corrected chi connectivity index (χ0v) is 16.9. The molecule has 7 nitrogen and oxygen atoms in total. The van der Waals surface area contributed by atoms with E-state index in [1.807, 2.05) is 6.20 Å². The van der Waals surface area contributed by atoms with Crippen molar-refractivity contribution in [2.24, 2.45) is 5.73 Å². The second-order valence-corrected chi connectivity index (χ2v) is 8.19. The lowest BCUT2D eigenvalue weighted by Gasteiger charge is -2.36. The van der Waals surface area contributed by atoms with Gasteiger partial charge < -0.3 is 16.0 Å². The molecular weight excluding hydrogens is 381 g/mol. The van der Waals surface area contributed by atoms with Gasteiger partial charge in [0.05, 0.1) is 6.20 Å². The van der Waals surface area contributed by atoms with Gasteiger partial charge in [-0.15, -0.1) is 0 Å². The molecule has 1 saturated carbocycles. The molecule has 3 N–H and O–H groups in total. The highest BCUT2D eigenvalue weighted by Gasteiger charge is 2.30. The minimum Gasteiger partial charge on any atom is -0.372 e. The van der Waals surface area contributed by atoms with Gasteiger partial charge in [0.15, 0.2) is 5.82 Å². The van der Waals surface area contributed by atoms with Gasteiger partial charge in [-0.3, -0.25) is 4.40 Å². The van der Waals surface area contributed by atoms with Crippen molar-refractivity contribution >= 4 is 11.5 Å². The minimum absolute atomic E-state index is 0.266. The molecule has 156 valence electrons. The van der Waals surface area contributed by atoms with E-state index >= 15 is 0 Å². The second-order valence-electron chi connectivity index (χ2n) is 8.19. The molecule has 0 bridgehead atoms. The lowest BCUT2D eigenvalue weighted by Crippen LogP contribution is -2.42. The van der Waals surface area contributed by atoms with Gasteiger partial charge in [0, 0.05) is 49.3 Å². The SMILES string of the molecule is C=C(CN)N1CCC[C@@H](Nc2nc(-c3cnc4ccc(F)cn34)ncc2C2CC2)C1. The molecule has 30 heavy (non-hydrogen) atoms. The molecule has 5 rings (SSSR count). The molecule has 2 fully saturated rings. The van der Waals surface area contributed by atoms with E-state index in [4.69, 9.17) is 10.7 Å². The smallest absolute Gasteiger partial charge is 0.180 e. The van der Waals surface area contributed by atoms with Crippen LogP contribution in [0.1, 0.15) is 37.2 Å². The number of hydrogen-bond acceptors (Lipinski definition) is 6. The number of nitrogens with zero attached hydrogens (tertiary/aromatic N) is 5. The normalized spacial score (nSPS) is 19.3. The van der Waals surface area contributed by atoms with Crippen molar-refractivity contribution in [2.45, 2.75) is 37.6 Å². The molecule has 1 saturated heterocycles. The van der Waals surface area contributed by atoms with Crippen LogP contribution in [0.15, 0.2) is 43.0 Å². The van der Waals surface area contributed by atoms with Crippen LogP contribution >= 0.6 is 0 Å². The largest absolute Gasteiger partial charge is 0.372 e. The third-order valence-electron chi connectivity index (χ3n) is 5.98. The Kier molecular flexibility index (Phi) is 4.86. The van der Waals surface area contributed by atoms with Crippen molar-refractivity contribution in [3.63, 3.8) is 0 Å². The Hall–Kier alpha value is -3.00. The number of rotatable bonds is 6. The average Bonchev–Trinajstić information content (AvgIpc) is 3.52. The monoisotopic (exact) mass is 407 g/mol. The van der Waals surface area contributed by atoms with Crippen molar-refractivity contribution < 1.29 is 4.39 Å². The van der Waals surface area contributed by atoms with Crippen molar-refractivity contribution in [3.8, 4) is 11.5 Å². The van der Waals surface area contributed by atoms with Crippen LogP contribution in [0.25, 0.3) is 17.2 Å². The third-order valence-corrected chi connectivity index (χ3v) is 5.98. The summed E-state index contributed by atoms with van der Waals surface area (Å²) < 4.78 is 15.5. The number of anilines is 1. The van der Waals surface area contributed by atoms with E-state index in [0.717, 1.165) is 43.0 Å². The van der Waals surface area contributed by atoms with Crippen LogP contribution in [0.2, 0.25) is 0 Å². The van der Waals surface area contributed by atoms with Gasteiger partial charge in [0.25, 0.3) is 0 Å². The highest BCUT2D eigenvalue weighted by atomic mass is 19.1. The lowest BCUT2D eigenvalue weighted by molar-refractivity contribution is 0.267. The van der Waals surface area contributed by atoms with E-state index in [1.165, 1.54) is 25.1 Å². The van der Waals surface area contributed by atoms with E-state index in [0.29, 0.717) is 29.6 Å². The Balaban J connectivity index is 1.46. The van der Waals surface area contributed by atoms with Crippen LogP contribution in [0.5, 0.6) is 0 Å². The molecule has 0 spiro atoms. The van der Waals surface area contributed by atoms with E-state index in [-0.39, 0.29) is 11.9 Å². The summed E-state index contributed by atoms with van der Waals surface area (Å²) in [5.74, 6) is 1.61. The maximum Gasteiger partial charge on any atom is 0.180 e. The summed E-state index contributed by atoms with van der Waals surface area (Å²) in [6, 6.07) is 3.32. The number of pyridine rings is 1. The van der Waals surface area contributed by atoms with E-state index in [9.17, 15) is 4.39 Å². The van der Waals surface area contributed by atoms with Gasteiger partial charge in [0.2, 0.25) is 0 Å². The Morgan fingerprint density at radius 2 is 2.10 bits per heavy atom. The molecule has 0 aromatic carbocycles. The van der Waals surface area contributed by atoms with Gasteiger partial charge in [0.1, 0.15) is 23.0 Å². The molecule has 0 unspecified atom stereocenters. The Morgan fingerprint density at radius 1 is 1.23 bits per heavy atom. The van der Waals surface area contributed by atoms with E-state index in [2.05, 4.69) is 26.8 Å². The first-order valence-corrected chi connectivity index (χ1v) is 10.5.